The summed E-state index contributed by atoms with van der Waals surface area (Å²) in [6.07, 6.45) is 1.42. The summed E-state index contributed by atoms with van der Waals surface area (Å²) in [4.78, 5) is 13.0. The Labute approximate surface area is 244 Å². The number of carbonyl (C=O) groups excluding carboxylic acids is 1. The van der Waals surface area contributed by atoms with Crippen LogP contribution in [0.25, 0.3) is 17.2 Å². The molecule has 0 unspecified atom stereocenters. The van der Waals surface area contributed by atoms with Gasteiger partial charge in [-0.25, -0.2) is 4.79 Å². The number of nitrogens with one attached hydrogen (secondary N) is 1. The van der Waals surface area contributed by atoms with Gasteiger partial charge in [0.05, 0.1) is 22.8 Å². The van der Waals surface area contributed by atoms with Crippen LogP contribution in [0.1, 0.15) is 61.4 Å². The summed E-state index contributed by atoms with van der Waals surface area (Å²) in [6.45, 7) is 8.35. The standard InChI is InChI=1S/C32H32BBrN2O4/c1-31(2)32(3,4)40-33(39-31)24(16-23-15-21(18-35)13-14-22(23)17-34)19-36-30(37)38-20-29-27-11-7-5-9-25(27)26-10-6-8-12-28(26)29/h5-16,29H,17,19-20H2,1-4H3,(H,36,37). The summed E-state index contributed by atoms with van der Waals surface area (Å²) in [6, 6.07) is 24.2. The average molecular weight is 599 g/mol. The number of hydrogen-bond donors (Lipinski definition) is 1. The van der Waals surface area contributed by atoms with Crippen molar-refractivity contribution in [2.24, 2.45) is 0 Å². The van der Waals surface area contributed by atoms with Gasteiger partial charge in [-0.15, -0.1) is 0 Å². The predicted octanol–water partition coefficient (Wildman–Crippen LogP) is 7.01. The molecule has 6 nitrogen and oxygen atoms in total. The molecule has 8 heteroatoms. The first kappa shape index (κ1) is 28.2. The summed E-state index contributed by atoms with van der Waals surface area (Å²) in [5.74, 6) is -0.0218. The van der Waals surface area contributed by atoms with Crippen LogP contribution in [0.4, 0.5) is 4.79 Å². The number of alkyl carbamates (subject to hydrolysis) is 1. The molecule has 1 aliphatic carbocycles. The van der Waals surface area contributed by atoms with Crippen LogP contribution < -0.4 is 5.32 Å². The summed E-state index contributed by atoms with van der Waals surface area (Å²) >= 11 is 3.54. The zero-order valence-corrected chi connectivity index (χ0v) is 24.7. The number of ether oxygens (including phenoxy) is 1. The van der Waals surface area contributed by atoms with Gasteiger partial charge < -0.3 is 19.4 Å². The Balaban J connectivity index is 1.34. The van der Waals surface area contributed by atoms with Gasteiger partial charge in [-0.05, 0) is 78.7 Å². The minimum Gasteiger partial charge on any atom is -0.449 e. The van der Waals surface area contributed by atoms with Crippen molar-refractivity contribution >= 4 is 35.2 Å². The molecule has 1 amide bonds. The Morgan fingerprint density at radius 3 is 2.20 bits per heavy atom. The molecule has 0 spiro atoms. The van der Waals surface area contributed by atoms with Gasteiger partial charge in [-0.1, -0.05) is 76.6 Å². The average Bonchev–Trinajstić information content (AvgIpc) is 3.38. The fraction of sp³-hybridized carbons (Fsp3) is 0.312. The largest absolute Gasteiger partial charge is 0.492 e. The zero-order chi connectivity index (χ0) is 28.5. The first-order valence-corrected chi connectivity index (χ1v) is 14.5. The van der Waals surface area contributed by atoms with Gasteiger partial charge in [0.1, 0.15) is 6.61 Å². The monoisotopic (exact) mass is 598 g/mol. The van der Waals surface area contributed by atoms with E-state index in [1.54, 1.807) is 6.07 Å². The van der Waals surface area contributed by atoms with E-state index in [0.717, 1.165) is 27.7 Å². The summed E-state index contributed by atoms with van der Waals surface area (Å²) in [5.41, 5.74) is 6.73. The highest BCUT2D eigenvalue weighted by atomic mass is 79.9. The smallest absolute Gasteiger partial charge is 0.449 e. The molecule has 40 heavy (non-hydrogen) atoms. The van der Waals surface area contributed by atoms with E-state index >= 15 is 0 Å². The van der Waals surface area contributed by atoms with E-state index in [2.05, 4.69) is 51.6 Å². The third-order valence-electron chi connectivity index (χ3n) is 8.10. The number of fused-ring (bicyclic) bond motifs is 3. The van der Waals surface area contributed by atoms with Crippen molar-refractivity contribution in [3.8, 4) is 17.2 Å². The van der Waals surface area contributed by atoms with Gasteiger partial charge in [0.25, 0.3) is 0 Å². The van der Waals surface area contributed by atoms with Gasteiger partial charge in [0.2, 0.25) is 0 Å². The van der Waals surface area contributed by atoms with Crippen LogP contribution in [-0.4, -0.2) is 37.6 Å². The van der Waals surface area contributed by atoms with Crippen molar-refractivity contribution in [3.63, 3.8) is 0 Å². The molecule has 3 aromatic carbocycles. The second kappa shape index (κ2) is 11.2. The van der Waals surface area contributed by atoms with Crippen molar-refractivity contribution in [1.82, 2.24) is 5.32 Å². The highest BCUT2D eigenvalue weighted by Gasteiger charge is 2.52. The summed E-state index contributed by atoms with van der Waals surface area (Å²) in [7, 11) is -0.673. The Morgan fingerprint density at radius 1 is 1.02 bits per heavy atom. The number of nitrogens with zero attached hydrogens (tertiary/aromatic N) is 1. The lowest BCUT2D eigenvalue weighted by atomic mass is 9.76. The van der Waals surface area contributed by atoms with Crippen LogP contribution in [0.15, 0.2) is 72.2 Å². The first-order chi connectivity index (χ1) is 19.1. The molecule has 1 heterocycles. The van der Waals surface area contributed by atoms with Crippen LogP contribution in [-0.2, 0) is 19.4 Å². The maximum atomic E-state index is 13.0. The Morgan fingerprint density at radius 2 is 1.62 bits per heavy atom. The second-order valence-corrected chi connectivity index (χ2v) is 11.7. The highest BCUT2D eigenvalue weighted by Crippen LogP contribution is 2.44. The van der Waals surface area contributed by atoms with E-state index in [1.165, 1.54) is 11.1 Å². The molecule has 2 aliphatic rings. The number of benzene rings is 3. The molecule has 1 saturated heterocycles. The molecule has 0 atom stereocenters. The molecule has 1 N–H and O–H groups in total. The number of nitriles is 1. The van der Waals surface area contributed by atoms with E-state index in [-0.39, 0.29) is 19.1 Å². The summed E-state index contributed by atoms with van der Waals surface area (Å²) in [5, 5.41) is 13.0. The quantitative estimate of drug-likeness (QED) is 0.234. The number of hydrogen-bond acceptors (Lipinski definition) is 5. The van der Waals surface area contributed by atoms with Crippen LogP contribution in [0.5, 0.6) is 0 Å². The van der Waals surface area contributed by atoms with E-state index in [9.17, 15) is 10.1 Å². The fourth-order valence-corrected chi connectivity index (χ4v) is 5.65. The maximum Gasteiger partial charge on any atom is 0.492 e. The lowest BCUT2D eigenvalue weighted by Crippen LogP contribution is -2.41. The SMILES string of the molecule is CC1(C)OB(C(=Cc2cc(C#N)ccc2CBr)CNC(=O)OCC2c3ccccc3-c3ccccc32)OC1(C)C. The topological polar surface area (TPSA) is 80.6 Å². The van der Waals surface area contributed by atoms with Crippen LogP contribution in [0, 0.1) is 11.3 Å². The Bertz CT molecular complexity index is 1450. The second-order valence-electron chi connectivity index (χ2n) is 11.1. The maximum absolute atomic E-state index is 13.0. The zero-order valence-electron chi connectivity index (χ0n) is 23.2. The van der Waals surface area contributed by atoms with Crippen molar-refractivity contribution in [1.29, 1.82) is 5.26 Å². The van der Waals surface area contributed by atoms with Crippen molar-refractivity contribution in [2.45, 2.75) is 50.1 Å². The van der Waals surface area contributed by atoms with E-state index in [1.807, 2.05) is 70.2 Å². The highest BCUT2D eigenvalue weighted by molar-refractivity contribution is 9.08. The number of carbonyl (C=O) groups is 1. The molecular weight excluding hydrogens is 567 g/mol. The Hall–Kier alpha value is -3.38. The van der Waals surface area contributed by atoms with E-state index in [4.69, 9.17) is 14.0 Å². The third-order valence-corrected chi connectivity index (χ3v) is 8.70. The third kappa shape index (κ3) is 5.47. The van der Waals surface area contributed by atoms with Gasteiger partial charge >= 0.3 is 13.2 Å². The van der Waals surface area contributed by atoms with E-state index < -0.39 is 24.4 Å². The number of amides is 1. The predicted molar refractivity (Wildman–Crippen MR) is 161 cm³/mol. The molecule has 0 aromatic heterocycles. The minimum atomic E-state index is -0.673. The van der Waals surface area contributed by atoms with Gasteiger partial charge in [-0.2, -0.15) is 5.26 Å². The van der Waals surface area contributed by atoms with Crippen LogP contribution in [0.3, 0.4) is 0 Å². The summed E-state index contributed by atoms with van der Waals surface area (Å²) < 4.78 is 18.4. The normalized spacial score (nSPS) is 17.2. The first-order valence-electron chi connectivity index (χ1n) is 13.4. The molecule has 0 saturated carbocycles. The number of rotatable bonds is 7. The van der Waals surface area contributed by atoms with Crippen LogP contribution in [0.2, 0.25) is 0 Å². The molecule has 1 fully saturated rings. The minimum absolute atomic E-state index is 0.0218. The van der Waals surface area contributed by atoms with E-state index in [0.29, 0.717) is 10.9 Å². The molecule has 5 rings (SSSR count). The lowest BCUT2D eigenvalue weighted by molar-refractivity contribution is 0.00578. The molecule has 3 aromatic rings. The molecule has 0 radical (unpaired) electrons. The number of alkyl halides is 1. The number of halogens is 1. The van der Waals surface area contributed by atoms with Gasteiger partial charge in [0, 0.05) is 17.8 Å². The molecule has 204 valence electrons. The van der Waals surface area contributed by atoms with Gasteiger partial charge in [-0.3, -0.25) is 0 Å². The molecule has 0 bridgehead atoms. The van der Waals surface area contributed by atoms with Gasteiger partial charge in [0.15, 0.2) is 0 Å². The Kier molecular flexibility index (Phi) is 7.92. The fourth-order valence-electron chi connectivity index (χ4n) is 5.14. The van der Waals surface area contributed by atoms with Crippen molar-refractivity contribution in [3.05, 3.63) is 100 Å². The van der Waals surface area contributed by atoms with Crippen molar-refractivity contribution < 1.29 is 18.8 Å². The molecular formula is C32H32BBrN2O4. The molecule has 1 aliphatic heterocycles. The van der Waals surface area contributed by atoms with Crippen LogP contribution >= 0.6 is 15.9 Å². The van der Waals surface area contributed by atoms with Crippen molar-refractivity contribution in [2.75, 3.05) is 13.2 Å². The lowest BCUT2D eigenvalue weighted by Gasteiger charge is -2.32.